The molecule has 0 saturated carbocycles. The summed E-state index contributed by atoms with van der Waals surface area (Å²) >= 11 is 1.49. The number of halogens is 1. The molecule has 0 heterocycles. The molecule has 8 nitrogen and oxygen atoms in total. The SMILES string of the molecule is Cc1c(I)c(S(=O)(=O)O)cc([N+]#N)c1S(=O)(=O)O. The lowest BCUT2D eigenvalue weighted by Gasteiger charge is -2.06. The van der Waals surface area contributed by atoms with Gasteiger partial charge in [0.2, 0.25) is 5.39 Å². The molecule has 1 rings (SSSR count). The predicted molar refractivity (Wildman–Crippen MR) is 68.3 cm³/mol. The summed E-state index contributed by atoms with van der Waals surface area (Å²) in [6.07, 6.45) is 0. The lowest BCUT2D eigenvalue weighted by Crippen LogP contribution is -2.08. The summed E-state index contributed by atoms with van der Waals surface area (Å²) in [6.45, 7) is 1.20. The normalized spacial score (nSPS) is 12.2. The van der Waals surface area contributed by atoms with Crippen LogP contribution in [-0.4, -0.2) is 25.9 Å². The number of benzene rings is 1. The van der Waals surface area contributed by atoms with E-state index < -0.39 is 35.7 Å². The number of hydrogen-bond acceptors (Lipinski definition) is 5. The van der Waals surface area contributed by atoms with E-state index in [4.69, 9.17) is 14.5 Å². The molecule has 0 spiro atoms. The van der Waals surface area contributed by atoms with Crippen LogP contribution in [0, 0.1) is 15.9 Å². The summed E-state index contributed by atoms with van der Waals surface area (Å²) < 4.78 is 62.2. The van der Waals surface area contributed by atoms with E-state index >= 15 is 0 Å². The molecule has 1 aromatic carbocycles. The molecular weight excluding hydrogens is 399 g/mol. The second kappa shape index (κ2) is 4.70. The van der Waals surface area contributed by atoms with Gasteiger partial charge in [0.15, 0.2) is 9.87 Å². The van der Waals surface area contributed by atoms with Crippen LogP contribution in [-0.2, 0) is 20.2 Å². The fourth-order valence-corrected chi connectivity index (χ4v) is 4.25. The highest BCUT2D eigenvalue weighted by molar-refractivity contribution is 14.1. The van der Waals surface area contributed by atoms with Gasteiger partial charge in [0, 0.05) is 3.57 Å². The molecule has 18 heavy (non-hydrogen) atoms. The van der Waals surface area contributed by atoms with Crippen LogP contribution in [0.1, 0.15) is 5.56 Å². The molecule has 98 valence electrons. The van der Waals surface area contributed by atoms with Gasteiger partial charge >= 0.3 is 15.8 Å². The van der Waals surface area contributed by atoms with E-state index in [2.05, 4.69) is 4.98 Å². The molecule has 0 bridgehead atoms. The lowest BCUT2D eigenvalue weighted by atomic mass is 10.2. The Hall–Kier alpha value is -0.810. The van der Waals surface area contributed by atoms with Crippen LogP contribution in [0.15, 0.2) is 15.9 Å². The van der Waals surface area contributed by atoms with Crippen molar-refractivity contribution in [2.75, 3.05) is 0 Å². The quantitative estimate of drug-likeness (QED) is 0.433. The molecular formula is C7H6IN2O6S2+. The highest BCUT2D eigenvalue weighted by Crippen LogP contribution is 2.35. The monoisotopic (exact) mass is 405 g/mol. The summed E-state index contributed by atoms with van der Waals surface area (Å²) in [7, 11) is -9.30. The van der Waals surface area contributed by atoms with Crippen LogP contribution >= 0.6 is 22.6 Å². The lowest BCUT2D eigenvalue weighted by molar-refractivity contribution is 0.477. The molecule has 0 unspecified atom stereocenters. The van der Waals surface area contributed by atoms with Crippen LogP contribution in [0.3, 0.4) is 0 Å². The molecule has 0 aliphatic heterocycles. The Morgan fingerprint density at radius 2 is 1.72 bits per heavy atom. The summed E-state index contributed by atoms with van der Waals surface area (Å²) in [4.78, 5) is 1.26. The van der Waals surface area contributed by atoms with Crippen molar-refractivity contribution >= 4 is 48.5 Å². The Morgan fingerprint density at radius 3 is 2.06 bits per heavy atom. The fraction of sp³-hybridized carbons (Fsp3) is 0.143. The van der Waals surface area contributed by atoms with Gasteiger partial charge in [0.25, 0.3) is 10.1 Å². The van der Waals surface area contributed by atoms with Crippen molar-refractivity contribution in [3.8, 4) is 0 Å². The highest BCUT2D eigenvalue weighted by atomic mass is 127. The second-order valence-electron chi connectivity index (χ2n) is 3.21. The van der Waals surface area contributed by atoms with Gasteiger partial charge in [-0.25, -0.2) is 0 Å². The van der Waals surface area contributed by atoms with Crippen LogP contribution < -0.4 is 0 Å². The van der Waals surface area contributed by atoms with Crippen molar-refractivity contribution in [1.29, 1.82) is 5.39 Å². The first-order valence-corrected chi connectivity index (χ1v) is 8.09. The van der Waals surface area contributed by atoms with Crippen molar-refractivity contribution in [2.24, 2.45) is 0 Å². The average molecular weight is 405 g/mol. The molecule has 0 radical (unpaired) electrons. The molecule has 2 N–H and O–H groups in total. The van der Waals surface area contributed by atoms with Crippen molar-refractivity contribution in [3.05, 3.63) is 20.2 Å². The molecule has 0 saturated heterocycles. The van der Waals surface area contributed by atoms with Gasteiger partial charge in [-0.05, 0) is 35.1 Å². The van der Waals surface area contributed by atoms with Crippen LogP contribution in [0.2, 0.25) is 0 Å². The first-order valence-electron chi connectivity index (χ1n) is 4.13. The van der Waals surface area contributed by atoms with Crippen molar-refractivity contribution in [2.45, 2.75) is 16.7 Å². The van der Waals surface area contributed by atoms with E-state index in [1.807, 2.05) is 0 Å². The number of diazo groups is 1. The largest absolute Gasteiger partial charge is 0.407 e. The van der Waals surface area contributed by atoms with Gasteiger partial charge in [-0.2, -0.15) is 16.8 Å². The van der Waals surface area contributed by atoms with Crippen LogP contribution in [0.25, 0.3) is 4.98 Å². The van der Waals surface area contributed by atoms with Gasteiger partial charge in [0.05, 0.1) is 6.07 Å². The Kier molecular flexibility index (Phi) is 3.98. The Bertz CT molecular complexity index is 762. The first kappa shape index (κ1) is 15.2. The van der Waals surface area contributed by atoms with E-state index in [0.717, 1.165) is 0 Å². The van der Waals surface area contributed by atoms with E-state index in [9.17, 15) is 16.8 Å². The smallest absolute Gasteiger partial charge is 0.282 e. The summed E-state index contributed by atoms with van der Waals surface area (Å²) in [5.74, 6) is 0. The van der Waals surface area contributed by atoms with E-state index in [-0.39, 0.29) is 9.13 Å². The number of hydrogen-bond donors (Lipinski definition) is 2. The van der Waals surface area contributed by atoms with Crippen LogP contribution in [0.5, 0.6) is 0 Å². The van der Waals surface area contributed by atoms with Crippen molar-refractivity contribution < 1.29 is 25.9 Å². The molecule has 0 fully saturated rings. The van der Waals surface area contributed by atoms with Gasteiger partial charge in [-0.3, -0.25) is 9.11 Å². The zero-order valence-corrected chi connectivity index (χ0v) is 12.5. The Balaban J connectivity index is 3.97. The summed E-state index contributed by atoms with van der Waals surface area (Å²) in [5.41, 5.74) is -0.830. The van der Waals surface area contributed by atoms with E-state index in [0.29, 0.717) is 6.07 Å². The van der Waals surface area contributed by atoms with Crippen molar-refractivity contribution in [3.63, 3.8) is 0 Å². The highest BCUT2D eigenvalue weighted by Gasteiger charge is 2.33. The minimum atomic E-state index is -4.70. The predicted octanol–water partition coefficient (Wildman–Crippen LogP) is 1.58. The zero-order valence-electron chi connectivity index (χ0n) is 8.69. The van der Waals surface area contributed by atoms with Gasteiger partial charge in [-0.15, -0.1) is 0 Å². The third-order valence-corrected chi connectivity index (χ3v) is 5.70. The zero-order chi connectivity index (χ0) is 14.3. The second-order valence-corrected chi connectivity index (χ2v) is 7.04. The Morgan fingerprint density at radius 1 is 1.22 bits per heavy atom. The molecule has 0 aliphatic rings. The maximum absolute atomic E-state index is 11.1. The maximum atomic E-state index is 11.1. The summed E-state index contributed by atoms with van der Waals surface area (Å²) in [6, 6.07) is 0.646. The molecule has 0 aliphatic carbocycles. The average Bonchev–Trinajstić information content (AvgIpc) is 2.17. The Labute approximate surface area is 116 Å². The third-order valence-electron chi connectivity index (χ3n) is 2.03. The van der Waals surface area contributed by atoms with Gasteiger partial charge in [0.1, 0.15) is 4.90 Å². The van der Waals surface area contributed by atoms with Crippen molar-refractivity contribution in [1.82, 2.24) is 0 Å². The third kappa shape index (κ3) is 2.78. The van der Waals surface area contributed by atoms with E-state index in [1.165, 1.54) is 29.5 Å². The molecule has 0 amide bonds. The molecule has 0 atom stereocenters. The van der Waals surface area contributed by atoms with Gasteiger partial charge < -0.3 is 0 Å². The fourth-order valence-electron chi connectivity index (χ4n) is 1.32. The van der Waals surface area contributed by atoms with Gasteiger partial charge in [-0.1, -0.05) is 0 Å². The van der Waals surface area contributed by atoms with Crippen LogP contribution in [0.4, 0.5) is 5.69 Å². The maximum Gasteiger partial charge on any atom is 0.407 e. The molecule has 1 aromatic rings. The first-order chi connectivity index (χ1) is 8.00. The van der Waals surface area contributed by atoms with E-state index in [1.54, 1.807) is 0 Å². The standard InChI is InChI=1S/C7H5IN2O6S2/c1-3-6(8)5(17(11,12)13)2-4(10-9)7(3)18(14,15)16/h2H,1H3,(H-,11,12,13,14,15,16)/p+1. The molecule has 11 heteroatoms. The number of rotatable bonds is 2. The topological polar surface area (TPSA) is 137 Å². The minimum absolute atomic E-state index is 0.102. The minimum Gasteiger partial charge on any atom is -0.282 e. The molecule has 0 aromatic heterocycles. The summed E-state index contributed by atoms with van der Waals surface area (Å²) in [5, 5.41) is 8.66. The number of nitrogens with zero attached hydrogens (tertiary/aromatic N) is 2.